The Morgan fingerprint density at radius 3 is 2.50 bits per heavy atom. The maximum Gasteiger partial charge on any atom is 0.310 e. The smallest absolute Gasteiger partial charge is 0.310 e. The average Bonchev–Trinajstić information content (AvgIpc) is 2.59. The molecule has 0 aromatic heterocycles. The molecule has 3 rings (SSSR count). The summed E-state index contributed by atoms with van der Waals surface area (Å²) in [6.45, 7) is 2.67. The van der Waals surface area contributed by atoms with E-state index in [4.69, 9.17) is 16.3 Å². The van der Waals surface area contributed by atoms with Crippen molar-refractivity contribution in [1.29, 1.82) is 0 Å². The summed E-state index contributed by atoms with van der Waals surface area (Å²) in [4.78, 5) is 11.9. The molecule has 26 heavy (non-hydrogen) atoms. The third kappa shape index (κ3) is 4.59. The number of hydrogen-bond donors (Lipinski definition) is 1. The molecule has 3 nitrogen and oxygen atoms in total. The number of aliphatic carboxylic acids is 1. The van der Waals surface area contributed by atoms with Crippen LogP contribution in [-0.2, 0) is 4.79 Å². The van der Waals surface area contributed by atoms with Crippen molar-refractivity contribution in [3.63, 3.8) is 0 Å². The summed E-state index contributed by atoms with van der Waals surface area (Å²) in [6, 6.07) is 13.5. The first-order valence-electron chi connectivity index (χ1n) is 9.33. The Balaban J connectivity index is 1.97. The summed E-state index contributed by atoms with van der Waals surface area (Å²) in [7, 11) is 0. The predicted molar refractivity (Wildman–Crippen MR) is 105 cm³/mol. The zero-order valence-corrected chi connectivity index (χ0v) is 15.8. The zero-order chi connectivity index (χ0) is 18.5. The minimum Gasteiger partial charge on any atom is -0.494 e. The lowest BCUT2D eigenvalue weighted by Crippen LogP contribution is -2.20. The van der Waals surface area contributed by atoms with Gasteiger partial charge in [0.2, 0.25) is 0 Å². The van der Waals surface area contributed by atoms with Crippen LogP contribution in [0.2, 0.25) is 5.02 Å². The zero-order valence-electron chi connectivity index (χ0n) is 15.1. The standard InChI is InChI=1S/C22H25ClO3/c1-2-10-26-20-13-17(16-6-8-19(23)9-7-16)12-18(14-20)21(22(24)25)11-15-4-3-5-15/h6-9,12-15,21H,2-5,10-11H2,1H3,(H,24,25). The first-order valence-corrected chi connectivity index (χ1v) is 9.71. The van der Waals surface area contributed by atoms with Crippen LogP contribution in [0.3, 0.4) is 0 Å². The van der Waals surface area contributed by atoms with Crippen LogP contribution < -0.4 is 4.74 Å². The number of halogens is 1. The number of carboxylic acid groups (broad SMARTS) is 1. The molecule has 0 saturated heterocycles. The van der Waals surface area contributed by atoms with Crippen molar-refractivity contribution in [2.75, 3.05) is 6.61 Å². The van der Waals surface area contributed by atoms with Crippen LogP contribution in [-0.4, -0.2) is 17.7 Å². The topological polar surface area (TPSA) is 46.5 Å². The van der Waals surface area contributed by atoms with Crippen molar-refractivity contribution in [2.24, 2.45) is 5.92 Å². The molecule has 1 fully saturated rings. The largest absolute Gasteiger partial charge is 0.494 e. The minimum atomic E-state index is -0.758. The van der Waals surface area contributed by atoms with E-state index in [1.54, 1.807) is 0 Å². The van der Waals surface area contributed by atoms with Gasteiger partial charge in [-0.05, 0) is 59.7 Å². The van der Waals surface area contributed by atoms with Gasteiger partial charge in [0.25, 0.3) is 0 Å². The van der Waals surface area contributed by atoms with Gasteiger partial charge in [-0.3, -0.25) is 4.79 Å². The molecule has 1 aliphatic carbocycles. The fourth-order valence-electron chi connectivity index (χ4n) is 3.38. The van der Waals surface area contributed by atoms with Gasteiger partial charge >= 0.3 is 5.97 Å². The summed E-state index contributed by atoms with van der Waals surface area (Å²) < 4.78 is 5.84. The van der Waals surface area contributed by atoms with Crippen LogP contribution in [0.25, 0.3) is 11.1 Å². The van der Waals surface area contributed by atoms with Gasteiger partial charge in [0, 0.05) is 5.02 Å². The quantitative estimate of drug-likeness (QED) is 0.604. The van der Waals surface area contributed by atoms with Crippen molar-refractivity contribution in [2.45, 2.75) is 44.9 Å². The SMILES string of the molecule is CCCOc1cc(-c2ccc(Cl)cc2)cc(C(CC2CCC2)C(=O)O)c1. The van der Waals surface area contributed by atoms with Crippen molar-refractivity contribution in [3.8, 4) is 16.9 Å². The van der Waals surface area contributed by atoms with E-state index in [9.17, 15) is 9.90 Å². The van der Waals surface area contributed by atoms with Gasteiger partial charge in [-0.15, -0.1) is 0 Å². The molecule has 4 heteroatoms. The summed E-state index contributed by atoms with van der Waals surface area (Å²) in [5.74, 6) is 0.00702. The van der Waals surface area contributed by atoms with Crippen LogP contribution in [0.5, 0.6) is 5.75 Å². The van der Waals surface area contributed by atoms with Gasteiger partial charge in [0.1, 0.15) is 5.75 Å². The van der Waals surface area contributed by atoms with Crippen molar-refractivity contribution < 1.29 is 14.6 Å². The van der Waals surface area contributed by atoms with E-state index < -0.39 is 11.9 Å². The van der Waals surface area contributed by atoms with E-state index in [1.165, 1.54) is 6.42 Å². The molecule has 0 spiro atoms. The Labute approximate surface area is 160 Å². The molecule has 1 saturated carbocycles. The molecular weight excluding hydrogens is 348 g/mol. The first-order chi connectivity index (χ1) is 12.6. The number of carbonyl (C=O) groups is 1. The fourth-order valence-corrected chi connectivity index (χ4v) is 3.50. The van der Waals surface area contributed by atoms with Gasteiger partial charge in [-0.2, -0.15) is 0 Å². The summed E-state index contributed by atoms with van der Waals surface area (Å²) in [5.41, 5.74) is 2.79. The Morgan fingerprint density at radius 1 is 1.19 bits per heavy atom. The molecular formula is C22H25ClO3. The molecule has 0 aliphatic heterocycles. The van der Waals surface area contributed by atoms with Gasteiger partial charge in [0.05, 0.1) is 12.5 Å². The first kappa shape index (κ1) is 18.8. The highest BCUT2D eigenvalue weighted by Gasteiger charge is 2.28. The Kier molecular flexibility index (Phi) is 6.20. The van der Waals surface area contributed by atoms with Gasteiger partial charge in [-0.25, -0.2) is 0 Å². The Morgan fingerprint density at radius 2 is 1.92 bits per heavy atom. The highest BCUT2D eigenvalue weighted by molar-refractivity contribution is 6.30. The number of carboxylic acids is 1. The van der Waals surface area contributed by atoms with Crippen LogP contribution in [0.4, 0.5) is 0 Å². The highest BCUT2D eigenvalue weighted by atomic mass is 35.5. The normalized spacial score (nSPS) is 15.3. The van der Waals surface area contributed by atoms with Crippen molar-refractivity contribution in [3.05, 3.63) is 53.1 Å². The Hall–Kier alpha value is -2.00. The third-order valence-corrected chi connectivity index (χ3v) is 5.33. The van der Waals surface area contributed by atoms with Crippen molar-refractivity contribution in [1.82, 2.24) is 0 Å². The summed E-state index contributed by atoms with van der Waals surface area (Å²) in [5, 5.41) is 10.5. The minimum absolute atomic E-state index is 0.489. The van der Waals surface area contributed by atoms with E-state index in [1.807, 2.05) is 42.5 Å². The molecule has 0 radical (unpaired) electrons. The fraction of sp³-hybridized carbons (Fsp3) is 0.409. The number of rotatable bonds is 8. The monoisotopic (exact) mass is 372 g/mol. The number of hydrogen-bond acceptors (Lipinski definition) is 2. The van der Waals surface area contributed by atoms with E-state index in [0.29, 0.717) is 24.0 Å². The van der Waals surface area contributed by atoms with Crippen LogP contribution in [0, 0.1) is 5.92 Å². The van der Waals surface area contributed by atoms with Crippen LogP contribution in [0.15, 0.2) is 42.5 Å². The molecule has 1 N–H and O–H groups in total. The molecule has 1 unspecified atom stereocenters. The Bertz CT molecular complexity index is 750. The second-order valence-electron chi connectivity index (χ2n) is 7.07. The average molecular weight is 373 g/mol. The molecule has 1 atom stereocenters. The number of ether oxygens (including phenoxy) is 1. The second kappa shape index (κ2) is 8.59. The summed E-state index contributed by atoms with van der Waals surface area (Å²) >= 11 is 6.00. The van der Waals surface area contributed by atoms with E-state index in [-0.39, 0.29) is 0 Å². The van der Waals surface area contributed by atoms with E-state index in [2.05, 4.69) is 6.92 Å². The van der Waals surface area contributed by atoms with Crippen LogP contribution in [0.1, 0.15) is 50.5 Å². The van der Waals surface area contributed by atoms with Gasteiger partial charge < -0.3 is 9.84 Å². The lowest BCUT2D eigenvalue weighted by atomic mass is 9.77. The number of benzene rings is 2. The lowest BCUT2D eigenvalue weighted by molar-refractivity contribution is -0.139. The second-order valence-corrected chi connectivity index (χ2v) is 7.51. The predicted octanol–water partition coefficient (Wildman–Crippen LogP) is 6.15. The maximum atomic E-state index is 11.9. The van der Waals surface area contributed by atoms with E-state index in [0.717, 1.165) is 41.7 Å². The molecule has 138 valence electrons. The highest BCUT2D eigenvalue weighted by Crippen LogP contribution is 2.38. The molecule has 0 bridgehead atoms. The molecule has 0 heterocycles. The molecule has 1 aliphatic rings. The van der Waals surface area contributed by atoms with Gasteiger partial charge in [0.15, 0.2) is 0 Å². The van der Waals surface area contributed by atoms with E-state index >= 15 is 0 Å². The van der Waals surface area contributed by atoms with Gasteiger partial charge in [-0.1, -0.05) is 56.0 Å². The van der Waals surface area contributed by atoms with Crippen LogP contribution >= 0.6 is 11.6 Å². The lowest BCUT2D eigenvalue weighted by Gasteiger charge is -2.28. The molecule has 2 aromatic carbocycles. The van der Waals surface area contributed by atoms with Crippen molar-refractivity contribution >= 4 is 17.6 Å². The summed E-state index contributed by atoms with van der Waals surface area (Å²) in [6.07, 6.45) is 5.10. The third-order valence-electron chi connectivity index (χ3n) is 5.07. The molecule has 0 amide bonds. The molecule has 2 aromatic rings. The maximum absolute atomic E-state index is 11.9.